The standard InChI is InChI=1S/C18H29NOS/c1-14(2)19-11-16-8-9-18(20-3)17(10-16)13-21-12-15-6-4-5-7-15/h8-10,14-15,19H,4-7,11-13H2,1-3H3. The van der Waals surface area contributed by atoms with Gasteiger partial charge in [0.15, 0.2) is 0 Å². The molecule has 2 nitrogen and oxygen atoms in total. The highest BCUT2D eigenvalue weighted by Crippen LogP contribution is 2.31. The van der Waals surface area contributed by atoms with Gasteiger partial charge in [-0.15, -0.1) is 0 Å². The lowest BCUT2D eigenvalue weighted by Gasteiger charge is -2.14. The molecule has 0 spiro atoms. The van der Waals surface area contributed by atoms with E-state index in [1.54, 1.807) is 7.11 Å². The summed E-state index contributed by atoms with van der Waals surface area (Å²) in [5.74, 6) is 4.35. The average Bonchev–Trinajstić information content (AvgIpc) is 2.98. The van der Waals surface area contributed by atoms with Crippen LogP contribution in [0.5, 0.6) is 5.75 Å². The quantitative estimate of drug-likeness (QED) is 0.757. The van der Waals surface area contributed by atoms with Gasteiger partial charge < -0.3 is 10.1 Å². The van der Waals surface area contributed by atoms with Crippen LogP contribution in [0.15, 0.2) is 18.2 Å². The molecule has 1 aromatic rings. The fourth-order valence-electron chi connectivity index (χ4n) is 2.89. The summed E-state index contributed by atoms with van der Waals surface area (Å²) in [4.78, 5) is 0. The van der Waals surface area contributed by atoms with Gasteiger partial charge in [0, 0.05) is 23.9 Å². The summed E-state index contributed by atoms with van der Waals surface area (Å²) >= 11 is 2.07. The van der Waals surface area contributed by atoms with E-state index in [1.807, 2.05) is 0 Å². The third-order valence-corrected chi connectivity index (χ3v) is 5.37. The van der Waals surface area contributed by atoms with E-state index >= 15 is 0 Å². The van der Waals surface area contributed by atoms with Crippen molar-refractivity contribution in [2.24, 2.45) is 5.92 Å². The highest BCUT2D eigenvalue weighted by atomic mass is 32.2. The van der Waals surface area contributed by atoms with Crippen LogP contribution in [0.25, 0.3) is 0 Å². The molecule has 0 atom stereocenters. The molecule has 0 unspecified atom stereocenters. The van der Waals surface area contributed by atoms with Crippen LogP contribution in [0, 0.1) is 5.92 Å². The third kappa shape index (κ3) is 5.55. The first-order valence-corrected chi connectivity index (χ1v) is 9.31. The Kier molecular flexibility index (Phi) is 6.91. The maximum absolute atomic E-state index is 5.51. The summed E-state index contributed by atoms with van der Waals surface area (Å²) in [6, 6.07) is 7.10. The maximum atomic E-state index is 5.51. The Balaban J connectivity index is 1.89. The SMILES string of the molecule is COc1ccc(CNC(C)C)cc1CSCC1CCCC1. The Labute approximate surface area is 134 Å². The highest BCUT2D eigenvalue weighted by Gasteiger charge is 2.15. The Morgan fingerprint density at radius 1 is 1.29 bits per heavy atom. The number of benzene rings is 1. The van der Waals surface area contributed by atoms with E-state index < -0.39 is 0 Å². The zero-order valence-electron chi connectivity index (χ0n) is 13.7. The van der Waals surface area contributed by atoms with E-state index in [1.165, 1.54) is 42.6 Å². The van der Waals surface area contributed by atoms with Crippen LogP contribution in [0.4, 0.5) is 0 Å². The Morgan fingerprint density at radius 3 is 2.71 bits per heavy atom. The van der Waals surface area contributed by atoms with Gasteiger partial charge in [0.1, 0.15) is 5.75 Å². The second-order valence-electron chi connectivity index (χ2n) is 6.35. The minimum absolute atomic E-state index is 0.521. The molecule has 1 N–H and O–H groups in total. The van der Waals surface area contributed by atoms with E-state index in [2.05, 4.69) is 49.1 Å². The number of thioether (sulfide) groups is 1. The van der Waals surface area contributed by atoms with Crippen molar-refractivity contribution in [1.82, 2.24) is 5.32 Å². The number of hydrogen-bond donors (Lipinski definition) is 1. The third-order valence-electron chi connectivity index (χ3n) is 4.15. The molecule has 0 saturated heterocycles. The van der Waals surface area contributed by atoms with Gasteiger partial charge >= 0.3 is 0 Å². The van der Waals surface area contributed by atoms with E-state index in [0.29, 0.717) is 6.04 Å². The molecular weight excluding hydrogens is 278 g/mol. The molecule has 1 aliphatic carbocycles. The van der Waals surface area contributed by atoms with Crippen molar-refractivity contribution >= 4 is 11.8 Å². The first-order valence-electron chi connectivity index (χ1n) is 8.16. The van der Waals surface area contributed by atoms with E-state index in [0.717, 1.165) is 24.0 Å². The van der Waals surface area contributed by atoms with Gasteiger partial charge in [-0.1, -0.05) is 32.8 Å². The molecule has 118 valence electrons. The molecule has 1 saturated carbocycles. The minimum Gasteiger partial charge on any atom is -0.496 e. The molecule has 2 rings (SSSR count). The van der Waals surface area contributed by atoms with Gasteiger partial charge in [-0.25, -0.2) is 0 Å². The van der Waals surface area contributed by atoms with Crippen molar-refractivity contribution in [1.29, 1.82) is 0 Å². The molecule has 3 heteroatoms. The van der Waals surface area contributed by atoms with Crippen molar-refractivity contribution in [2.75, 3.05) is 12.9 Å². The van der Waals surface area contributed by atoms with E-state index in [9.17, 15) is 0 Å². The smallest absolute Gasteiger partial charge is 0.122 e. The van der Waals surface area contributed by atoms with Crippen LogP contribution in [0.3, 0.4) is 0 Å². The molecule has 1 aromatic carbocycles. The topological polar surface area (TPSA) is 21.3 Å². The molecule has 21 heavy (non-hydrogen) atoms. The number of rotatable bonds is 8. The van der Waals surface area contributed by atoms with Crippen LogP contribution in [-0.4, -0.2) is 18.9 Å². The molecular formula is C18H29NOS. The van der Waals surface area contributed by atoms with Gasteiger partial charge in [-0.3, -0.25) is 0 Å². The molecule has 1 aliphatic rings. The van der Waals surface area contributed by atoms with E-state index in [-0.39, 0.29) is 0 Å². The summed E-state index contributed by atoms with van der Waals surface area (Å²) in [5.41, 5.74) is 2.68. The van der Waals surface area contributed by atoms with Crippen LogP contribution < -0.4 is 10.1 Å². The van der Waals surface area contributed by atoms with Crippen LogP contribution >= 0.6 is 11.8 Å². The first-order chi connectivity index (χ1) is 10.2. The van der Waals surface area contributed by atoms with Gasteiger partial charge in [0.05, 0.1) is 7.11 Å². The zero-order chi connectivity index (χ0) is 15.1. The zero-order valence-corrected chi connectivity index (χ0v) is 14.5. The molecule has 0 aliphatic heterocycles. The number of nitrogens with one attached hydrogen (secondary N) is 1. The van der Waals surface area contributed by atoms with Crippen LogP contribution in [-0.2, 0) is 12.3 Å². The van der Waals surface area contributed by atoms with Gasteiger partial charge in [-0.05, 0) is 42.2 Å². The average molecular weight is 308 g/mol. The fourth-order valence-corrected chi connectivity index (χ4v) is 4.12. The Bertz CT molecular complexity index is 427. The molecule has 0 radical (unpaired) electrons. The number of hydrogen-bond acceptors (Lipinski definition) is 3. The van der Waals surface area contributed by atoms with Crippen LogP contribution in [0.1, 0.15) is 50.7 Å². The van der Waals surface area contributed by atoms with Gasteiger partial charge in [0.25, 0.3) is 0 Å². The molecule has 0 heterocycles. The lowest BCUT2D eigenvalue weighted by atomic mass is 10.1. The summed E-state index contributed by atoms with van der Waals surface area (Å²) in [5, 5.41) is 3.48. The lowest BCUT2D eigenvalue weighted by Crippen LogP contribution is -2.21. The normalized spacial score (nSPS) is 15.8. The van der Waals surface area contributed by atoms with Crippen molar-refractivity contribution in [2.45, 2.75) is 57.9 Å². The minimum atomic E-state index is 0.521. The molecule has 0 bridgehead atoms. The number of methoxy groups -OCH3 is 1. The molecule has 0 aromatic heterocycles. The summed E-state index contributed by atoms with van der Waals surface area (Å²) in [6.45, 7) is 5.30. The van der Waals surface area contributed by atoms with Crippen molar-refractivity contribution in [3.8, 4) is 5.75 Å². The number of ether oxygens (including phenoxy) is 1. The monoisotopic (exact) mass is 307 g/mol. The largest absolute Gasteiger partial charge is 0.496 e. The highest BCUT2D eigenvalue weighted by molar-refractivity contribution is 7.98. The lowest BCUT2D eigenvalue weighted by molar-refractivity contribution is 0.411. The van der Waals surface area contributed by atoms with E-state index in [4.69, 9.17) is 4.74 Å². The molecule has 0 amide bonds. The summed E-state index contributed by atoms with van der Waals surface area (Å²) < 4.78 is 5.51. The molecule has 1 fully saturated rings. The second kappa shape index (κ2) is 8.70. The Hall–Kier alpha value is -0.670. The maximum Gasteiger partial charge on any atom is 0.122 e. The fraction of sp³-hybridized carbons (Fsp3) is 0.667. The van der Waals surface area contributed by atoms with Crippen molar-refractivity contribution in [3.05, 3.63) is 29.3 Å². The van der Waals surface area contributed by atoms with Crippen molar-refractivity contribution < 1.29 is 4.74 Å². The predicted octanol–water partition coefficient (Wildman–Crippen LogP) is 4.62. The second-order valence-corrected chi connectivity index (χ2v) is 7.38. The van der Waals surface area contributed by atoms with Crippen LogP contribution in [0.2, 0.25) is 0 Å². The van der Waals surface area contributed by atoms with Gasteiger partial charge in [-0.2, -0.15) is 11.8 Å². The first kappa shape index (κ1) is 16.7. The predicted molar refractivity (Wildman–Crippen MR) is 93.1 cm³/mol. The Morgan fingerprint density at radius 2 is 2.05 bits per heavy atom. The van der Waals surface area contributed by atoms with Gasteiger partial charge in [0.2, 0.25) is 0 Å². The summed E-state index contributed by atoms with van der Waals surface area (Å²) in [7, 11) is 1.77. The summed E-state index contributed by atoms with van der Waals surface area (Å²) in [6.07, 6.45) is 5.74. The van der Waals surface area contributed by atoms with Crippen molar-refractivity contribution in [3.63, 3.8) is 0 Å².